The van der Waals surface area contributed by atoms with Crippen molar-refractivity contribution in [2.24, 2.45) is 0 Å². The molecule has 1 heterocycles. The minimum Gasteiger partial charge on any atom is -0.478 e. The van der Waals surface area contributed by atoms with Gasteiger partial charge < -0.3 is 9.84 Å². The van der Waals surface area contributed by atoms with Crippen molar-refractivity contribution in [1.29, 1.82) is 0 Å². The number of carboxylic acid groups (broad SMARTS) is 1. The van der Waals surface area contributed by atoms with Crippen LogP contribution in [0.2, 0.25) is 0 Å². The molecule has 0 radical (unpaired) electrons. The molecular weight excluding hydrogens is 396 g/mol. The lowest BCUT2D eigenvalue weighted by molar-refractivity contribution is 0.0681. The van der Waals surface area contributed by atoms with Gasteiger partial charge in [-0.15, -0.1) is 0 Å². The number of carbonyl (C=O) groups is 2. The Kier molecular flexibility index (Phi) is 5.09. The van der Waals surface area contributed by atoms with Crippen molar-refractivity contribution in [2.45, 2.75) is 12.3 Å². The number of hydrogen-bond donors (Lipinski definition) is 2. The largest absolute Gasteiger partial charge is 0.478 e. The number of rotatable bonds is 5. The van der Waals surface area contributed by atoms with Crippen LogP contribution < -0.4 is 5.32 Å². The molecule has 2 aromatic carbocycles. The van der Waals surface area contributed by atoms with Gasteiger partial charge in [0.05, 0.1) is 0 Å². The number of aromatic carboxylic acids is 1. The van der Waals surface area contributed by atoms with Crippen LogP contribution in [0.5, 0.6) is 0 Å². The van der Waals surface area contributed by atoms with Gasteiger partial charge in [-0.3, -0.25) is 5.32 Å². The van der Waals surface area contributed by atoms with Gasteiger partial charge in [-0.1, -0.05) is 48.5 Å². The molecule has 1 aromatic heterocycles. The number of amides is 1. The third kappa shape index (κ3) is 3.57. The number of hydrogen-bond acceptors (Lipinski definition) is 5. The summed E-state index contributed by atoms with van der Waals surface area (Å²) in [4.78, 5) is 30.2. The van der Waals surface area contributed by atoms with Gasteiger partial charge in [-0.2, -0.15) is 0 Å². The highest BCUT2D eigenvalue weighted by molar-refractivity contribution is 5.89. The SMILES string of the molecule is O=C(Nc1ncc(C(=O)O)c(C(F)F)n1)OCC1c2ccccc2-c2ccccc21. The van der Waals surface area contributed by atoms with Crippen molar-refractivity contribution in [1.82, 2.24) is 9.97 Å². The summed E-state index contributed by atoms with van der Waals surface area (Å²) in [6.07, 6.45) is -3.35. The van der Waals surface area contributed by atoms with Crippen molar-refractivity contribution in [2.75, 3.05) is 11.9 Å². The van der Waals surface area contributed by atoms with Crippen LogP contribution in [0.1, 0.15) is 39.5 Å². The molecule has 1 amide bonds. The number of benzene rings is 2. The number of alkyl halides is 2. The van der Waals surface area contributed by atoms with E-state index in [4.69, 9.17) is 9.84 Å². The van der Waals surface area contributed by atoms with E-state index < -0.39 is 35.7 Å². The van der Waals surface area contributed by atoms with E-state index in [-0.39, 0.29) is 12.5 Å². The molecule has 0 fully saturated rings. The number of nitrogens with one attached hydrogen (secondary N) is 1. The molecule has 9 heteroatoms. The summed E-state index contributed by atoms with van der Waals surface area (Å²) in [6, 6.07) is 15.6. The van der Waals surface area contributed by atoms with E-state index in [2.05, 4.69) is 15.3 Å². The lowest BCUT2D eigenvalue weighted by atomic mass is 9.98. The standard InChI is InChI=1S/C21H15F2N3O4/c22-18(23)17-15(19(27)28)9-24-20(25-17)26-21(29)30-10-16-13-7-3-1-5-11(13)12-6-2-4-8-14(12)16/h1-9,16,18H,10H2,(H,27,28)(H,24,25,26,29). The van der Waals surface area contributed by atoms with Crippen LogP contribution in [-0.2, 0) is 4.74 Å². The summed E-state index contributed by atoms with van der Waals surface area (Å²) in [5.74, 6) is -2.22. The van der Waals surface area contributed by atoms with Crippen LogP contribution in [0.15, 0.2) is 54.7 Å². The number of nitrogens with zero attached hydrogens (tertiary/aromatic N) is 2. The van der Waals surface area contributed by atoms with Crippen LogP contribution in [0.4, 0.5) is 19.5 Å². The zero-order chi connectivity index (χ0) is 21.3. The van der Waals surface area contributed by atoms with Gasteiger partial charge in [0.15, 0.2) is 0 Å². The van der Waals surface area contributed by atoms with E-state index >= 15 is 0 Å². The van der Waals surface area contributed by atoms with Crippen molar-refractivity contribution in [3.8, 4) is 11.1 Å². The molecule has 1 aliphatic rings. The molecule has 0 unspecified atom stereocenters. The molecule has 0 atom stereocenters. The molecule has 0 bridgehead atoms. The minimum atomic E-state index is -3.14. The number of carboxylic acids is 1. The molecule has 4 rings (SSSR count). The maximum absolute atomic E-state index is 13.0. The highest BCUT2D eigenvalue weighted by atomic mass is 19.3. The van der Waals surface area contributed by atoms with Crippen LogP contribution in [0.3, 0.4) is 0 Å². The Hall–Kier alpha value is -3.88. The summed E-state index contributed by atoms with van der Waals surface area (Å²) < 4.78 is 31.4. The highest BCUT2D eigenvalue weighted by Crippen LogP contribution is 2.44. The number of fused-ring (bicyclic) bond motifs is 3. The topological polar surface area (TPSA) is 101 Å². The first kappa shape index (κ1) is 19.4. The third-order valence-corrected chi connectivity index (χ3v) is 4.81. The van der Waals surface area contributed by atoms with Crippen molar-refractivity contribution in [3.63, 3.8) is 0 Å². The summed E-state index contributed by atoms with van der Waals surface area (Å²) in [7, 11) is 0. The number of halogens is 2. The van der Waals surface area contributed by atoms with E-state index in [0.29, 0.717) is 0 Å². The second-order valence-electron chi connectivity index (χ2n) is 6.55. The molecule has 152 valence electrons. The van der Waals surface area contributed by atoms with Gasteiger partial charge in [-0.05, 0) is 22.3 Å². The van der Waals surface area contributed by atoms with E-state index in [1.807, 2.05) is 48.5 Å². The fraction of sp³-hybridized carbons (Fsp3) is 0.143. The van der Waals surface area contributed by atoms with Crippen molar-refractivity contribution >= 4 is 18.0 Å². The third-order valence-electron chi connectivity index (χ3n) is 4.81. The Labute approximate surface area is 169 Å². The molecule has 0 saturated heterocycles. The molecule has 1 aliphatic carbocycles. The van der Waals surface area contributed by atoms with Gasteiger partial charge in [0.25, 0.3) is 6.43 Å². The fourth-order valence-corrected chi connectivity index (χ4v) is 3.51. The zero-order valence-electron chi connectivity index (χ0n) is 15.4. The van der Waals surface area contributed by atoms with E-state index in [1.54, 1.807) is 0 Å². The summed E-state index contributed by atoms with van der Waals surface area (Å²) in [6.45, 7) is 0.0226. The zero-order valence-corrected chi connectivity index (χ0v) is 15.4. The molecule has 0 spiro atoms. The predicted molar refractivity (Wildman–Crippen MR) is 103 cm³/mol. The number of ether oxygens (including phenoxy) is 1. The van der Waals surface area contributed by atoms with Crippen molar-refractivity contribution < 1.29 is 28.2 Å². The monoisotopic (exact) mass is 411 g/mol. The highest BCUT2D eigenvalue weighted by Gasteiger charge is 2.29. The Morgan fingerprint density at radius 2 is 1.67 bits per heavy atom. The van der Waals surface area contributed by atoms with Gasteiger partial charge >= 0.3 is 12.1 Å². The Morgan fingerprint density at radius 3 is 2.23 bits per heavy atom. The first-order valence-corrected chi connectivity index (χ1v) is 8.96. The first-order chi connectivity index (χ1) is 14.5. The van der Waals surface area contributed by atoms with Crippen LogP contribution >= 0.6 is 0 Å². The van der Waals surface area contributed by atoms with E-state index in [1.165, 1.54) is 0 Å². The predicted octanol–water partition coefficient (Wildman–Crippen LogP) is 4.47. The normalized spacial score (nSPS) is 12.4. The van der Waals surface area contributed by atoms with Crippen molar-refractivity contribution in [3.05, 3.63) is 77.1 Å². The molecule has 7 nitrogen and oxygen atoms in total. The average molecular weight is 411 g/mol. The molecule has 0 saturated carbocycles. The number of anilines is 1. The fourth-order valence-electron chi connectivity index (χ4n) is 3.51. The summed E-state index contributed by atoms with van der Waals surface area (Å²) in [5, 5.41) is 11.1. The molecule has 30 heavy (non-hydrogen) atoms. The van der Waals surface area contributed by atoms with E-state index in [0.717, 1.165) is 28.5 Å². The van der Waals surface area contributed by atoms with Crippen LogP contribution in [0.25, 0.3) is 11.1 Å². The Bertz CT molecular complexity index is 1090. The van der Waals surface area contributed by atoms with Gasteiger partial charge in [0, 0.05) is 12.1 Å². The van der Waals surface area contributed by atoms with Gasteiger partial charge in [0.1, 0.15) is 17.9 Å². The minimum absolute atomic E-state index is 0.0226. The van der Waals surface area contributed by atoms with Gasteiger partial charge in [-0.25, -0.2) is 28.3 Å². The lowest BCUT2D eigenvalue weighted by Crippen LogP contribution is -2.20. The number of aromatic nitrogens is 2. The molecular formula is C21H15F2N3O4. The summed E-state index contributed by atoms with van der Waals surface area (Å²) >= 11 is 0. The van der Waals surface area contributed by atoms with Crippen LogP contribution in [0, 0.1) is 0 Å². The second kappa shape index (κ2) is 7.86. The second-order valence-corrected chi connectivity index (χ2v) is 6.55. The van der Waals surface area contributed by atoms with Gasteiger partial charge in [0.2, 0.25) is 5.95 Å². The molecule has 0 aliphatic heterocycles. The molecule has 2 N–H and O–H groups in total. The first-order valence-electron chi connectivity index (χ1n) is 8.96. The maximum atomic E-state index is 13.0. The van der Waals surface area contributed by atoms with Crippen LogP contribution in [-0.4, -0.2) is 33.7 Å². The molecule has 3 aromatic rings. The Balaban J connectivity index is 1.49. The maximum Gasteiger partial charge on any atom is 0.414 e. The lowest BCUT2D eigenvalue weighted by Gasteiger charge is -2.14. The quantitative estimate of drug-likeness (QED) is 0.642. The Morgan fingerprint density at radius 1 is 1.07 bits per heavy atom. The number of carbonyl (C=O) groups excluding carboxylic acids is 1. The average Bonchev–Trinajstić information content (AvgIpc) is 3.06. The summed E-state index contributed by atoms with van der Waals surface area (Å²) in [5.41, 5.74) is 2.46. The van der Waals surface area contributed by atoms with E-state index in [9.17, 15) is 18.4 Å². The smallest absolute Gasteiger partial charge is 0.414 e.